The molecule has 0 spiro atoms. The number of benzene rings is 2. The first-order valence-corrected chi connectivity index (χ1v) is 8.62. The molecule has 2 aromatic carbocycles. The Balaban J connectivity index is 2.06. The second-order valence-electron chi connectivity index (χ2n) is 5.74. The number of hydrogen-bond donors (Lipinski definition) is 1. The number of halogens is 1. The van der Waals surface area contributed by atoms with Gasteiger partial charge in [-0.05, 0) is 29.3 Å². The number of carbonyl (C=O) groups excluding carboxylic acids is 1. The summed E-state index contributed by atoms with van der Waals surface area (Å²) in [6.07, 6.45) is 0. The second kappa shape index (κ2) is 6.24. The van der Waals surface area contributed by atoms with Crippen molar-refractivity contribution in [3.05, 3.63) is 71.4 Å². The standard InChI is InChI=1S/C20H13FN2O2S/c21-13-8-6-11(7-9-13)14-10-15(12-4-2-1-3-5-12)23-19-16(14)17(22)18(26-19)20(24)25/h1-10H,22H2,(H,24,25)/p-1. The van der Waals surface area contributed by atoms with E-state index in [4.69, 9.17) is 5.73 Å². The molecule has 0 saturated heterocycles. The maximum Gasteiger partial charge on any atom is 0.127 e. The molecule has 2 heterocycles. The average molecular weight is 363 g/mol. The Morgan fingerprint density at radius 3 is 2.38 bits per heavy atom. The van der Waals surface area contributed by atoms with Crippen LogP contribution in [-0.2, 0) is 0 Å². The minimum absolute atomic E-state index is 0.0546. The highest BCUT2D eigenvalue weighted by molar-refractivity contribution is 7.21. The minimum atomic E-state index is -1.34. The summed E-state index contributed by atoms with van der Waals surface area (Å²) in [5.74, 6) is -1.69. The molecule has 0 fully saturated rings. The molecule has 6 heteroatoms. The summed E-state index contributed by atoms with van der Waals surface area (Å²) in [5, 5.41) is 11.9. The van der Waals surface area contributed by atoms with Gasteiger partial charge >= 0.3 is 0 Å². The number of carboxylic acids is 1. The van der Waals surface area contributed by atoms with Gasteiger partial charge in [-0.2, -0.15) is 0 Å². The van der Waals surface area contributed by atoms with E-state index in [-0.39, 0.29) is 16.4 Å². The lowest BCUT2D eigenvalue weighted by atomic mass is 9.99. The molecule has 0 saturated carbocycles. The van der Waals surface area contributed by atoms with Crippen molar-refractivity contribution in [2.24, 2.45) is 0 Å². The summed E-state index contributed by atoms with van der Waals surface area (Å²) in [7, 11) is 0. The third-order valence-corrected chi connectivity index (χ3v) is 5.19. The molecule has 4 nitrogen and oxygen atoms in total. The van der Waals surface area contributed by atoms with Gasteiger partial charge in [0.15, 0.2) is 0 Å². The highest BCUT2D eigenvalue weighted by Crippen LogP contribution is 2.41. The van der Waals surface area contributed by atoms with Crippen LogP contribution in [0.1, 0.15) is 9.67 Å². The largest absolute Gasteiger partial charge is 0.544 e. The predicted octanol–water partition coefficient (Wildman–Crippen LogP) is 3.72. The monoisotopic (exact) mass is 363 g/mol. The van der Waals surface area contributed by atoms with Crippen LogP contribution >= 0.6 is 11.3 Å². The Morgan fingerprint density at radius 1 is 1.04 bits per heavy atom. The van der Waals surface area contributed by atoms with Crippen molar-refractivity contribution >= 4 is 33.2 Å². The van der Waals surface area contributed by atoms with E-state index in [9.17, 15) is 14.3 Å². The number of nitrogen functional groups attached to an aromatic ring is 1. The number of hydrogen-bond acceptors (Lipinski definition) is 5. The highest BCUT2D eigenvalue weighted by atomic mass is 32.1. The molecule has 0 bridgehead atoms. The van der Waals surface area contributed by atoms with E-state index in [1.807, 2.05) is 36.4 Å². The van der Waals surface area contributed by atoms with Gasteiger partial charge in [-0.25, -0.2) is 9.37 Å². The summed E-state index contributed by atoms with van der Waals surface area (Å²) in [6, 6.07) is 17.3. The fourth-order valence-corrected chi connectivity index (χ4v) is 3.84. The first-order chi connectivity index (χ1) is 12.5. The van der Waals surface area contributed by atoms with Gasteiger partial charge in [0.2, 0.25) is 0 Å². The van der Waals surface area contributed by atoms with Crippen LogP contribution in [0, 0.1) is 5.82 Å². The first-order valence-electron chi connectivity index (χ1n) is 7.80. The number of aromatic nitrogens is 1. The zero-order valence-electron chi connectivity index (χ0n) is 13.4. The number of carbonyl (C=O) groups is 1. The summed E-state index contributed by atoms with van der Waals surface area (Å²) in [6.45, 7) is 0. The van der Waals surface area contributed by atoms with Crippen molar-refractivity contribution in [1.29, 1.82) is 0 Å². The van der Waals surface area contributed by atoms with E-state index in [0.717, 1.165) is 22.5 Å². The van der Waals surface area contributed by atoms with Gasteiger partial charge in [0, 0.05) is 10.9 Å². The number of nitrogens with two attached hydrogens (primary N) is 1. The minimum Gasteiger partial charge on any atom is -0.544 e. The molecule has 0 radical (unpaired) electrons. The van der Waals surface area contributed by atoms with E-state index in [1.165, 1.54) is 12.1 Å². The number of nitrogens with zero attached hydrogens (tertiary/aromatic N) is 1. The van der Waals surface area contributed by atoms with E-state index < -0.39 is 5.97 Å². The van der Waals surface area contributed by atoms with Crippen LogP contribution in [0.25, 0.3) is 32.6 Å². The van der Waals surface area contributed by atoms with Crippen LogP contribution < -0.4 is 10.8 Å². The smallest absolute Gasteiger partial charge is 0.127 e. The van der Waals surface area contributed by atoms with Gasteiger partial charge in [-0.1, -0.05) is 42.5 Å². The van der Waals surface area contributed by atoms with E-state index >= 15 is 0 Å². The Labute approximate surface area is 152 Å². The predicted molar refractivity (Wildman–Crippen MR) is 99.2 cm³/mol. The van der Waals surface area contributed by atoms with Gasteiger partial charge in [0.05, 0.1) is 22.2 Å². The molecule has 0 unspecified atom stereocenters. The number of aromatic carboxylic acids is 1. The zero-order valence-corrected chi connectivity index (χ0v) is 14.2. The number of pyridine rings is 1. The van der Waals surface area contributed by atoms with Gasteiger partial charge < -0.3 is 15.6 Å². The fraction of sp³-hybridized carbons (Fsp3) is 0. The Kier molecular flexibility index (Phi) is 3.89. The maximum atomic E-state index is 13.3. The third kappa shape index (κ3) is 2.70. The lowest BCUT2D eigenvalue weighted by molar-refractivity contribution is -0.254. The number of rotatable bonds is 3. The molecule has 0 aliphatic carbocycles. The maximum absolute atomic E-state index is 13.3. The fourth-order valence-electron chi connectivity index (χ4n) is 2.89. The normalized spacial score (nSPS) is 11.0. The number of carboxylic acid groups (broad SMARTS) is 1. The molecule has 0 amide bonds. The quantitative estimate of drug-likeness (QED) is 0.602. The highest BCUT2D eigenvalue weighted by Gasteiger charge is 2.18. The van der Waals surface area contributed by atoms with Crippen LogP contribution in [0.2, 0.25) is 0 Å². The molecule has 4 aromatic rings. The molecule has 26 heavy (non-hydrogen) atoms. The van der Waals surface area contributed by atoms with Crippen LogP contribution in [-0.4, -0.2) is 11.0 Å². The molecular weight excluding hydrogens is 351 g/mol. The van der Waals surface area contributed by atoms with E-state index in [1.54, 1.807) is 12.1 Å². The number of thiophene rings is 1. The molecule has 0 aliphatic rings. The number of fused-ring (bicyclic) bond motifs is 1. The molecule has 128 valence electrons. The number of anilines is 1. The van der Waals surface area contributed by atoms with Crippen molar-refractivity contribution < 1.29 is 14.3 Å². The van der Waals surface area contributed by atoms with Crippen LogP contribution in [0.4, 0.5) is 10.1 Å². The topological polar surface area (TPSA) is 79.0 Å². The molecular formula is C20H12FN2O2S-. The van der Waals surface area contributed by atoms with Crippen molar-refractivity contribution in [3.8, 4) is 22.4 Å². The third-order valence-electron chi connectivity index (χ3n) is 4.11. The molecule has 2 N–H and O–H groups in total. The Morgan fingerprint density at radius 2 is 1.73 bits per heavy atom. The first kappa shape index (κ1) is 16.2. The average Bonchev–Trinajstić information content (AvgIpc) is 2.99. The SMILES string of the molecule is Nc1c(C(=O)[O-])sc2nc(-c3ccccc3)cc(-c3ccc(F)cc3)c12. The van der Waals surface area contributed by atoms with E-state index in [2.05, 4.69) is 4.98 Å². The van der Waals surface area contributed by atoms with Crippen molar-refractivity contribution in [1.82, 2.24) is 4.98 Å². The summed E-state index contributed by atoms with van der Waals surface area (Å²) < 4.78 is 13.3. The molecule has 0 atom stereocenters. The van der Waals surface area contributed by atoms with Gasteiger partial charge in [0.25, 0.3) is 0 Å². The molecule has 2 aromatic heterocycles. The van der Waals surface area contributed by atoms with Crippen molar-refractivity contribution in [3.63, 3.8) is 0 Å². The van der Waals surface area contributed by atoms with Crippen LogP contribution in [0.3, 0.4) is 0 Å². The second-order valence-corrected chi connectivity index (χ2v) is 6.74. The van der Waals surface area contributed by atoms with Gasteiger partial charge in [0.1, 0.15) is 10.6 Å². The summed E-state index contributed by atoms with van der Waals surface area (Å²) in [5.41, 5.74) is 9.20. The van der Waals surface area contributed by atoms with Gasteiger partial charge in [-0.3, -0.25) is 0 Å². The molecule has 0 aliphatic heterocycles. The van der Waals surface area contributed by atoms with E-state index in [0.29, 0.717) is 21.5 Å². The van der Waals surface area contributed by atoms with Crippen LogP contribution in [0.5, 0.6) is 0 Å². The molecule has 4 rings (SSSR count). The summed E-state index contributed by atoms with van der Waals surface area (Å²) >= 11 is 0.981. The Bertz CT molecular complexity index is 1120. The van der Waals surface area contributed by atoms with Crippen molar-refractivity contribution in [2.75, 3.05) is 5.73 Å². The lowest BCUT2D eigenvalue weighted by Gasteiger charge is -2.09. The lowest BCUT2D eigenvalue weighted by Crippen LogP contribution is -2.21. The zero-order chi connectivity index (χ0) is 18.3. The van der Waals surface area contributed by atoms with Crippen LogP contribution in [0.15, 0.2) is 60.7 Å². The summed E-state index contributed by atoms with van der Waals surface area (Å²) in [4.78, 5) is 16.4. The van der Waals surface area contributed by atoms with Gasteiger partial charge in [-0.15, -0.1) is 11.3 Å². The van der Waals surface area contributed by atoms with Crippen molar-refractivity contribution in [2.45, 2.75) is 0 Å². The Hall–Kier alpha value is -3.25.